The Bertz CT molecular complexity index is 2290. The quantitative estimate of drug-likeness (QED) is 0.0251. The van der Waals surface area contributed by atoms with Gasteiger partial charge >= 0.3 is 0 Å². The molecule has 23 N–H and O–H groups in total. The number of unbranched alkanes of at least 4 members (excludes halogenated alkanes) is 6. The number of carbonyl (C=O) groups is 11. The molecule has 1 aromatic carbocycles. The molecular weight excluding hydrogens is 1140 g/mol. The van der Waals surface area contributed by atoms with Crippen molar-refractivity contribution in [1.82, 2.24) is 53.2 Å². The van der Waals surface area contributed by atoms with E-state index in [0.717, 1.165) is 60.1 Å². The monoisotopic (exact) mass is 1240 g/mol. The first-order valence-electron chi connectivity index (χ1n) is 29.3. The summed E-state index contributed by atoms with van der Waals surface area (Å²) in [5.74, 6) is -10.0. The van der Waals surface area contributed by atoms with Crippen molar-refractivity contribution in [3.05, 3.63) is 35.9 Å². The first-order chi connectivity index (χ1) is 40.5. The van der Waals surface area contributed by atoms with E-state index in [1.54, 1.807) is 44.2 Å². The third-order valence-corrected chi connectivity index (χ3v) is 16.1. The van der Waals surface area contributed by atoms with Crippen LogP contribution in [0.25, 0.3) is 0 Å². The summed E-state index contributed by atoms with van der Waals surface area (Å²) >= 11 is 0. The molecule has 1 aromatic rings. The molecule has 1 unspecified atom stereocenters. The van der Waals surface area contributed by atoms with Crippen molar-refractivity contribution >= 4 is 86.6 Å². The molecule has 2 rings (SSSR count). The molecule has 28 nitrogen and oxygen atoms in total. The van der Waals surface area contributed by atoms with Gasteiger partial charge in [-0.2, -0.15) is 0 Å². The predicted octanol–water partition coefficient (Wildman–Crippen LogP) is -3.73. The largest absolute Gasteiger partial charge is 0.391 e. The molecule has 1 aliphatic rings. The SMILES string of the molecule is CCCCCCCCCC(=O)N[C@@H](CCN)C(=O)N[C@H](C(=O)N[C@@H](CCN)C(=O)N[C@H]1CSSC[C@H](C(N)=O)NC(=O)[C@H](CCN)NC(=O)[C@H](CCN)NC(=O)[C@H](CC(C)C)NC(=O)[C@@H](Cc2ccccc2)NC(=O)[C@H](CCN)NC1=O)C(C)O. The fraction of sp³-hybridized carbons (Fsp3) is 0.691. The zero-order valence-corrected chi connectivity index (χ0v) is 51.2. The molecular formula is C55H96N16O12S2. The van der Waals surface area contributed by atoms with Crippen LogP contribution in [0, 0.1) is 5.92 Å². The highest BCUT2D eigenvalue weighted by molar-refractivity contribution is 8.76. The average Bonchev–Trinajstić information content (AvgIpc) is 3.67. The Kier molecular flexibility index (Phi) is 36.9. The van der Waals surface area contributed by atoms with Gasteiger partial charge < -0.3 is 92.7 Å². The first-order valence-corrected chi connectivity index (χ1v) is 31.8. The number of aliphatic hydroxyl groups is 1. The summed E-state index contributed by atoms with van der Waals surface area (Å²) in [6.45, 7) is 6.38. The summed E-state index contributed by atoms with van der Waals surface area (Å²) in [6, 6.07) is -5.44. The first kappa shape index (κ1) is 74.9. The van der Waals surface area contributed by atoms with Crippen LogP contribution >= 0.6 is 21.6 Å². The number of aliphatic hydroxyl groups excluding tert-OH is 1. The van der Waals surface area contributed by atoms with Crippen molar-refractivity contribution < 1.29 is 57.8 Å². The molecule has 1 aliphatic heterocycles. The smallest absolute Gasteiger partial charge is 0.245 e. The standard InChI is InChI=1S/C55H96N16O12S2/c1-5-6-7-8-9-10-14-17-44(73)62-35(18-23-56)51(79)71-45(33(4)72)55(83)66-39(22-27-60)50(78)70-43-31-85-84-30-42(46(61)74)69-49(77)38(21-26-59)63-47(75)36(19-24-57)64-52(80)40(28-32(2)3)67-53(81)41(29-34-15-12-11-13-16-34)68-48(76)37(20-25-58)65-54(43)82/h11-13,15-16,32-33,35-43,45,72H,5-10,14,17-31,56-60H2,1-4H3,(H2,61,74)(H,62,73)(H,63,75)(H,64,80)(H,65,82)(H,66,83)(H,67,81)(H,68,76)(H,69,77)(H,70,78)(H,71,79)/t33?,35-,36-,37-,38-,39-,40-,41+,42+,43-,45-/m0/s1. The van der Waals surface area contributed by atoms with Crippen molar-refractivity contribution in [3.8, 4) is 0 Å². The van der Waals surface area contributed by atoms with Crippen LogP contribution in [-0.4, -0.2) is 181 Å². The Morgan fingerprint density at radius 2 is 1.04 bits per heavy atom. The second kappa shape index (κ2) is 41.8. The highest BCUT2D eigenvalue weighted by Crippen LogP contribution is 2.24. The number of nitrogens with two attached hydrogens (primary N) is 6. The predicted molar refractivity (Wildman–Crippen MR) is 326 cm³/mol. The van der Waals surface area contributed by atoms with Crippen LogP contribution in [0.5, 0.6) is 0 Å². The normalized spacial score (nSPS) is 22.1. The average molecular weight is 1240 g/mol. The van der Waals surface area contributed by atoms with Gasteiger partial charge in [-0.05, 0) is 96.1 Å². The zero-order valence-electron chi connectivity index (χ0n) is 49.6. The molecule has 0 aromatic heterocycles. The lowest BCUT2D eigenvalue weighted by molar-refractivity contribution is -0.136. The fourth-order valence-corrected chi connectivity index (χ4v) is 11.2. The van der Waals surface area contributed by atoms with Gasteiger partial charge in [0.1, 0.15) is 60.4 Å². The molecule has 1 saturated heterocycles. The van der Waals surface area contributed by atoms with Crippen LogP contribution in [0.2, 0.25) is 0 Å². The van der Waals surface area contributed by atoms with Gasteiger partial charge in [0.25, 0.3) is 0 Å². The Labute approximate surface area is 506 Å². The second-order valence-electron chi connectivity index (χ2n) is 21.4. The minimum Gasteiger partial charge on any atom is -0.391 e. The highest BCUT2D eigenvalue weighted by Gasteiger charge is 2.37. The topological polar surface area (TPSA) is 484 Å². The van der Waals surface area contributed by atoms with Gasteiger partial charge in [-0.1, -0.05) is 111 Å². The minimum atomic E-state index is -1.67. The maximum atomic E-state index is 14.5. The van der Waals surface area contributed by atoms with Crippen molar-refractivity contribution in [3.63, 3.8) is 0 Å². The van der Waals surface area contributed by atoms with Gasteiger partial charge in [-0.15, -0.1) is 0 Å². The van der Waals surface area contributed by atoms with E-state index in [-0.39, 0.29) is 102 Å². The van der Waals surface area contributed by atoms with Crippen LogP contribution in [-0.2, 0) is 59.2 Å². The molecule has 30 heteroatoms. The van der Waals surface area contributed by atoms with Crippen LogP contribution in [0.3, 0.4) is 0 Å². The summed E-state index contributed by atoms with van der Waals surface area (Å²) < 4.78 is 0. The van der Waals surface area contributed by atoms with Gasteiger partial charge in [0.15, 0.2) is 0 Å². The number of primary amides is 1. The molecule has 0 spiro atoms. The van der Waals surface area contributed by atoms with E-state index < -0.39 is 132 Å². The molecule has 0 bridgehead atoms. The lowest BCUT2D eigenvalue weighted by atomic mass is 10.00. The number of nitrogens with one attached hydrogen (secondary N) is 10. The van der Waals surface area contributed by atoms with Crippen molar-refractivity contribution in [2.45, 2.75) is 191 Å². The van der Waals surface area contributed by atoms with Crippen LogP contribution in [0.1, 0.15) is 123 Å². The van der Waals surface area contributed by atoms with Crippen LogP contribution in [0.4, 0.5) is 0 Å². The summed E-state index contributed by atoms with van der Waals surface area (Å²) in [6.07, 6.45) is 4.76. The zero-order chi connectivity index (χ0) is 63.4. The van der Waals surface area contributed by atoms with E-state index in [1.807, 2.05) is 0 Å². The summed E-state index contributed by atoms with van der Waals surface area (Å²) in [4.78, 5) is 153. The number of rotatable bonds is 31. The number of hydrogen-bond donors (Lipinski definition) is 17. The lowest BCUT2D eigenvalue weighted by Crippen LogP contribution is -2.62. The van der Waals surface area contributed by atoms with Crippen molar-refractivity contribution in [1.29, 1.82) is 0 Å². The number of carbonyl (C=O) groups excluding carboxylic acids is 11. The highest BCUT2D eigenvalue weighted by atomic mass is 33.1. The molecule has 0 radical (unpaired) electrons. The van der Waals surface area contributed by atoms with Crippen LogP contribution < -0.4 is 87.6 Å². The van der Waals surface area contributed by atoms with Crippen molar-refractivity contribution in [2.75, 3.05) is 44.2 Å². The Morgan fingerprint density at radius 1 is 0.565 bits per heavy atom. The van der Waals surface area contributed by atoms with Crippen molar-refractivity contribution in [2.24, 2.45) is 40.3 Å². The molecule has 0 aliphatic carbocycles. The second-order valence-corrected chi connectivity index (χ2v) is 23.9. The Balaban J connectivity index is 2.61. The van der Waals surface area contributed by atoms with E-state index in [1.165, 1.54) is 6.92 Å². The van der Waals surface area contributed by atoms with Crippen LogP contribution in [0.15, 0.2) is 30.3 Å². The van der Waals surface area contributed by atoms with Gasteiger partial charge in [0.05, 0.1) is 6.10 Å². The molecule has 85 heavy (non-hydrogen) atoms. The van der Waals surface area contributed by atoms with Gasteiger partial charge in [0.2, 0.25) is 65.0 Å². The Hall–Kier alpha value is -6.15. The molecule has 0 saturated carbocycles. The van der Waals surface area contributed by atoms with Gasteiger partial charge in [-0.3, -0.25) is 52.7 Å². The molecule has 480 valence electrons. The maximum absolute atomic E-state index is 14.5. The molecule has 1 heterocycles. The van der Waals surface area contributed by atoms with E-state index in [2.05, 4.69) is 60.1 Å². The number of benzene rings is 1. The molecule has 11 atom stereocenters. The van der Waals surface area contributed by atoms with Gasteiger partial charge in [0, 0.05) is 24.3 Å². The fourth-order valence-electron chi connectivity index (χ4n) is 8.89. The lowest BCUT2D eigenvalue weighted by Gasteiger charge is -2.28. The minimum absolute atomic E-state index is 0.0000756. The number of hydrogen-bond acceptors (Lipinski definition) is 19. The van der Waals surface area contributed by atoms with E-state index in [4.69, 9.17) is 34.4 Å². The van der Waals surface area contributed by atoms with E-state index >= 15 is 0 Å². The third kappa shape index (κ3) is 28.7. The van der Waals surface area contributed by atoms with E-state index in [0.29, 0.717) is 12.0 Å². The van der Waals surface area contributed by atoms with E-state index in [9.17, 15) is 57.8 Å². The summed E-state index contributed by atoms with van der Waals surface area (Å²) in [5.41, 5.74) is 35.7. The molecule has 1 fully saturated rings. The Morgan fingerprint density at radius 3 is 1.55 bits per heavy atom. The summed E-state index contributed by atoms with van der Waals surface area (Å²) in [5, 5.41) is 36.8. The molecule has 11 amide bonds. The number of amides is 11. The van der Waals surface area contributed by atoms with Gasteiger partial charge in [-0.25, -0.2) is 0 Å². The maximum Gasteiger partial charge on any atom is 0.245 e. The summed E-state index contributed by atoms with van der Waals surface area (Å²) in [7, 11) is 1.87. The third-order valence-electron chi connectivity index (χ3n) is 13.6.